The lowest BCUT2D eigenvalue weighted by atomic mass is 9.55. The van der Waals surface area contributed by atoms with Gasteiger partial charge in [-0.15, -0.1) is 0 Å². The molecule has 0 aromatic rings. The molecule has 0 amide bonds. The number of ether oxygens (including phenoxy) is 6. The summed E-state index contributed by atoms with van der Waals surface area (Å²) in [5.41, 5.74) is 0.588. The fourth-order valence-electron chi connectivity index (χ4n) is 7.54. The van der Waals surface area contributed by atoms with E-state index in [0.717, 1.165) is 5.57 Å². The molecule has 11 atom stereocenters. The van der Waals surface area contributed by atoms with Gasteiger partial charge in [-0.1, -0.05) is 25.5 Å². The average Bonchev–Trinajstić information content (AvgIpc) is 3.17. The quantitative estimate of drug-likeness (QED) is 0.226. The largest absolute Gasteiger partial charge is 0.469 e. The third-order valence-corrected chi connectivity index (χ3v) is 9.95. The molecular formula is C31H46O10. The second-order valence-electron chi connectivity index (χ2n) is 12.4. The van der Waals surface area contributed by atoms with Crippen LogP contribution in [0.5, 0.6) is 0 Å². The molecule has 0 spiro atoms. The maximum atomic E-state index is 13.6. The third kappa shape index (κ3) is 6.54. The number of Topliss-reactive ketones (excluding diaryl/α,β-unsaturated/α-hetero) is 1. The number of allylic oxidation sites excluding steroid dienone is 1. The van der Waals surface area contributed by atoms with Gasteiger partial charge in [-0.25, -0.2) is 0 Å². The van der Waals surface area contributed by atoms with Gasteiger partial charge in [0, 0.05) is 44.1 Å². The molecule has 0 radical (unpaired) electrons. The fraction of sp³-hybridized carbons (Fsp3) is 0.806. The van der Waals surface area contributed by atoms with E-state index in [2.05, 4.69) is 13.0 Å². The van der Waals surface area contributed by atoms with Crippen molar-refractivity contribution in [2.45, 2.75) is 116 Å². The first kappa shape index (κ1) is 31.6. The Balaban J connectivity index is 1.42. The number of carbonyl (C=O) groups is 4. The van der Waals surface area contributed by atoms with E-state index >= 15 is 0 Å². The summed E-state index contributed by atoms with van der Waals surface area (Å²) >= 11 is 0. The minimum Gasteiger partial charge on any atom is -0.469 e. The smallest absolute Gasteiger partial charge is 0.310 e. The number of hydrogen-bond donors (Lipinski definition) is 0. The molecule has 4 rings (SSSR count). The third-order valence-electron chi connectivity index (χ3n) is 9.95. The van der Waals surface area contributed by atoms with Crippen LogP contribution in [0.4, 0.5) is 0 Å². The van der Waals surface area contributed by atoms with Crippen LogP contribution >= 0.6 is 0 Å². The molecule has 4 aliphatic rings. The van der Waals surface area contributed by atoms with Crippen LogP contribution in [0.2, 0.25) is 0 Å². The van der Waals surface area contributed by atoms with E-state index in [1.165, 1.54) is 14.0 Å². The topological polar surface area (TPSA) is 124 Å². The van der Waals surface area contributed by atoms with Crippen molar-refractivity contribution in [2.75, 3.05) is 14.2 Å². The number of esters is 3. The predicted octanol–water partition coefficient (Wildman–Crippen LogP) is 3.93. The Bertz CT molecular complexity index is 1040. The normalized spacial score (nSPS) is 40.7. The number of carbonyl (C=O) groups excluding carboxylic acids is 4. The van der Waals surface area contributed by atoms with E-state index in [4.69, 9.17) is 28.4 Å². The van der Waals surface area contributed by atoms with Gasteiger partial charge in [0.1, 0.15) is 18.0 Å². The fourth-order valence-corrected chi connectivity index (χ4v) is 7.54. The summed E-state index contributed by atoms with van der Waals surface area (Å²) in [6.07, 6.45) is 3.77. The number of rotatable bonds is 9. The maximum absolute atomic E-state index is 13.6. The Morgan fingerprint density at radius 1 is 1.12 bits per heavy atom. The number of cyclic esters (lactones) is 1. The van der Waals surface area contributed by atoms with Crippen molar-refractivity contribution in [2.24, 2.45) is 29.1 Å². The van der Waals surface area contributed by atoms with Crippen LogP contribution in [0.15, 0.2) is 11.6 Å². The first-order valence-corrected chi connectivity index (χ1v) is 14.9. The molecule has 0 aromatic carbocycles. The van der Waals surface area contributed by atoms with Crippen LogP contribution in [0.25, 0.3) is 0 Å². The molecule has 0 N–H and O–H groups in total. The van der Waals surface area contributed by atoms with Crippen molar-refractivity contribution >= 4 is 23.7 Å². The second-order valence-corrected chi connectivity index (χ2v) is 12.4. The van der Waals surface area contributed by atoms with Crippen molar-refractivity contribution in [3.8, 4) is 0 Å². The molecule has 2 saturated heterocycles. The zero-order valence-electron chi connectivity index (χ0n) is 25.4. The molecule has 0 aromatic heterocycles. The highest BCUT2D eigenvalue weighted by atomic mass is 16.7. The van der Waals surface area contributed by atoms with E-state index in [1.807, 2.05) is 20.8 Å². The average molecular weight is 579 g/mol. The van der Waals surface area contributed by atoms with Gasteiger partial charge < -0.3 is 28.4 Å². The van der Waals surface area contributed by atoms with Crippen LogP contribution in [0.1, 0.15) is 79.6 Å². The first-order valence-electron chi connectivity index (χ1n) is 14.9. The maximum Gasteiger partial charge on any atom is 0.310 e. The lowest BCUT2D eigenvalue weighted by Gasteiger charge is -2.49. The zero-order chi connectivity index (χ0) is 30.1. The van der Waals surface area contributed by atoms with Crippen LogP contribution in [0.3, 0.4) is 0 Å². The van der Waals surface area contributed by atoms with Crippen LogP contribution < -0.4 is 0 Å². The Morgan fingerprint density at radius 3 is 2.46 bits per heavy atom. The highest BCUT2D eigenvalue weighted by Gasteiger charge is 2.53. The van der Waals surface area contributed by atoms with Crippen LogP contribution in [-0.4, -0.2) is 74.7 Å². The van der Waals surface area contributed by atoms with Crippen molar-refractivity contribution in [3.63, 3.8) is 0 Å². The summed E-state index contributed by atoms with van der Waals surface area (Å²) in [4.78, 5) is 50.2. The van der Waals surface area contributed by atoms with Gasteiger partial charge in [-0.05, 0) is 46.0 Å². The van der Waals surface area contributed by atoms with Gasteiger partial charge in [-0.3, -0.25) is 19.2 Å². The van der Waals surface area contributed by atoms with E-state index in [1.54, 1.807) is 7.11 Å². The van der Waals surface area contributed by atoms with E-state index < -0.39 is 29.6 Å². The summed E-state index contributed by atoms with van der Waals surface area (Å²) in [6.45, 7) is 8.99. The molecule has 2 aliphatic heterocycles. The van der Waals surface area contributed by atoms with Crippen molar-refractivity contribution in [3.05, 3.63) is 11.6 Å². The summed E-state index contributed by atoms with van der Waals surface area (Å²) in [5.74, 6) is -2.21. The molecular weight excluding hydrogens is 532 g/mol. The van der Waals surface area contributed by atoms with Gasteiger partial charge in [-0.2, -0.15) is 0 Å². The predicted molar refractivity (Wildman–Crippen MR) is 146 cm³/mol. The van der Waals surface area contributed by atoms with Gasteiger partial charge in [0.2, 0.25) is 0 Å². The minimum absolute atomic E-state index is 0.00683. The second kappa shape index (κ2) is 12.9. The lowest BCUT2D eigenvalue weighted by molar-refractivity contribution is -0.269. The van der Waals surface area contributed by atoms with Crippen LogP contribution in [-0.2, 0) is 47.6 Å². The highest BCUT2D eigenvalue weighted by molar-refractivity contribution is 5.88. The van der Waals surface area contributed by atoms with E-state index in [9.17, 15) is 19.2 Å². The molecule has 0 bridgehead atoms. The minimum atomic E-state index is -0.578. The van der Waals surface area contributed by atoms with E-state index in [-0.39, 0.29) is 59.9 Å². The monoisotopic (exact) mass is 578 g/mol. The first-order chi connectivity index (χ1) is 19.4. The molecule has 3 fully saturated rings. The molecule has 1 saturated carbocycles. The van der Waals surface area contributed by atoms with Crippen molar-refractivity contribution < 1.29 is 47.6 Å². The number of hydrogen-bond acceptors (Lipinski definition) is 10. The Morgan fingerprint density at radius 2 is 1.85 bits per heavy atom. The molecule has 0 unspecified atom stereocenters. The zero-order valence-corrected chi connectivity index (χ0v) is 25.4. The van der Waals surface area contributed by atoms with E-state index in [0.29, 0.717) is 44.9 Å². The number of ketones is 1. The lowest BCUT2D eigenvalue weighted by Crippen LogP contribution is -2.52. The summed E-state index contributed by atoms with van der Waals surface area (Å²) in [7, 11) is 2.96. The Labute approximate surface area is 242 Å². The molecule has 41 heavy (non-hydrogen) atoms. The Hall–Kier alpha value is -2.30. The standard InChI is InChI=1S/C31H46O10/c1-16-22(17(2)39-29(16)34)10-11-24(33)23-9-8-20-14-21(12-13-31(20,5)27(23)30(35)37-7)41-26-15-25(36-6)28(18(3)38-26)40-19(4)32/h8,16-18,21-23,25-28H,9-15H2,1-7H3/t16-,17-,18+,21-,22+,23+,25+,26-,27+,28-,31-/m0/s1. The number of fused-ring (bicyclic) bond motifs is 1. The Kier molecular flexibility index (Phi) is 9.96. The van der Waals surface area contributed by atoms with Crippen molar-refractivity contribution in [1.29, 1.82) is 0 Å². The van der Waals surface area contributed by atoms with Gasteiger partial charge >= 0.3 is 17.9 Å². The summed E-state index contributed by atoms with van der Waals surface area (Å²) < 4.78 is 34.1. The van der Waals surface area contributed by atoms with Crippen molar-refractivity contribution in [1.82, 2.24) is 0 Å². The van der Waals surface area contributed by atoms with Crippen LogP contribution in [0, 0.1) is 29.1 Å². The summed E-state index contributed by atoms with van der Waals surface area (Å²) in [5, 5.41) is 0. The number of methoxy groups -OCH3 is 2. The molecule has 230 valence electrons. The molecule has 2 aliphatic carbocycles. The molecule has 10 heteroatoms. The summed E-state index contributed by atoms with van der Waals surface area (Å²) in [6, 6.07) is 0. The highest BCUT2D eigenvalue weighted by Crippen LogP contribution is 2.54. The van der Waals surface area contributed by atoms with Gasteiger partial charge in [0.25, 0.3) is 0 Å². The van der Waals surface area contributed by atoms with Gasteiger partial charge in [0.15, 0.2) is 12.4 Å². The SMILES string of the molecule is COC(=O)[C@H]1[C@@H](C(=O)CC[C@H]2[C@H](C)OC(=O)[C@H]2C)CC=C2C[C@@H](O[C@H]3C[C@@H](OC)[C@@H](OC(C)=O)[C@@H](C)O3)CC[C@@]21C. The molecule has 10 nitrogen and oxygen atoms in total. The van der Waals surface area contributed by atoms with Gasteiger partial charge in [0.05, 0.1) is 31.2 Å². The molecule has 2 heterocycles.